The van der Waals surface area contributed by atoms with Gasteiger partial charge in [-0.2, -0.15) is 11.8 Å². The molecule has 1 rings (SSSR count). The summed E-state index contributed by atoms with van der Waals surface area (Å²) in [6.45, 7) is 7.54. The molecule has 1 fully saturated rings. The maximum absolute atomic E-state index is 12.6. The van der Waals surface area contributed by atoms with Gasteiger partial charge < -0.3 is 4.74 Å². The van der Waals surface area contributed by atoms with Crippen molar-refractivity contribution in [1.29, 1.82) is 0 Å². The van der Waals surface area contributed by atoms with Crippen molar-refractivity contribution in [3.63, 3.8) is 0 Å². The Hall–Kier alpha value is -0.160. The SMILES string of the molecule is CCOC(=O)C(C)(C)C(=O)C1SCCSC1CC. The largest absolute Gasteiger partial charge is 0.465 e. The average Bonchev–Trinajstić information content (AvgIpc) is 2.38. The van der Waals surface area contributed by atoms with E-state index in [1.807, 2.05) is 11.8 Å². The third-order valence-corrected chi connectivity index (χ3v) is 6.36. The molecule has 2 atom stereocenters. The van der Waals surface area contributed by atoms with E-state index < -0.39 is 11.4 Å². The fourth-order valence-corrected chi connectivity index (χ4v) is 5.10. The van der Waals surface area contributed by atoms with Crippen LogP contribution in [0.4, 0.5) is 0 Å². The van der Waals surface area contributed by atoms with Gasteiger partial charge in [0.25, 0.3) is 0 Å². The number of hydrogen-bond acceptors (Lipinski definition) is 5. The van der Waals surface area contributed by atoms with Gasteiger partial charge in [0, 0.05) is 16.8 Å². The number of esters is 1. The Bertz CT molecular complexity index is 315. The van der Waals surface area contributed by atoms with Crippen LogP contribution in [0.3, 0.4) is 0 Å². The summed E-state index contributed by atoms with van der Waals surface area (Å²) >= 11 is 3.54. The fraction of sp³-hybridized carbons (Fsp3) is 0.846. The van der Waals surface area contributed by atoms with Crippen molar-refractivity contribution in [3.05, 3.63) is 0 Å². The Labute approximate surface area is 118 Å². The van der Waals surface area contributed by atoms with Crippen molar-refractivity contribution in [2.75, 3.05) is 18.1 Å². The molecule has 0 aromatic carbocycles. The Morgan fingerprint density at radius 2 is 1.83 bits per heavy atom. The lowest BCUT2D eigenvalue weighted by atomic mass is 9.85. The maximum atomic E-state index is 12.6. The van der Waals surface area contributed by atoms with Crippen molar-refractivity contribution in [1.82, 2.24) is 0 Å². The van der Waals surface area contributed by atoms with Crippen LogP contribution in [0.15, 0.2) is 0 Å². The van der Waals surface area contributed by atoms with Gasteiger partial charge in [-0.1, -0.05) is 6.92 Å². The van der Waals surface area contributed by atoms with E-state index in [1.54, 1.807) is 32.5 Å². The van der Waals surface area contributed by atoms with Crippen molar-refractivity contribution in [2.24, 2.45) is 5.41 Å². The summed E-state index contributed by atoms with van der Waals surface area (Å²) in [7, 11) is 0. The number of ether oxygens (including phenoxy) is 1. The summed E-state index contributed by atoms with van der Waals surface area (Å²) in [5.74, 6) is 1.69. The zero-order valence-electron chi connectivity index (χ0n) is 11.5. The van der Waals surface area contributed by atoms with Gasteiger partial charge in [-0.05, 0) is 27.2 Å². The first-order valence-electron chi connectivity index (χ1n) is 6.39. The van der Waals surface area contributed by atoms with E-state index in [1.165, 1.54) is 0 Å². The molecule has 0 aliphatic carbocycles. The van der Waals surface area contributed by atoms with Gasteiger partial charge in [0.1, 0.15) is 5.41 Å². The van der Waals surface area contributed by atoms with Crippen LogP contribution < -0.4 is 0 Å². The molecule has 1 saturated heterocycles. The topological polar surface area (TPSA) is 43.4 Å². The highest BCUT2D eigenvalue weighted by Crippen LogP contribution is 2.38. The molecule has 1 heterocycles. The van der Waals surface area contributed by atoms with Crippen LogP contribution in [-0.4, -0.2) is 40.4 Å². The molecule has 1 aliphatic rings. The molecule has 0 radical (unpaired) electrons. The van der Waals surface area contributed by atoms with E-state index in [0.29, 0.717) is 11.9 Å². The lowest BCUT2D eigenvalue weighted by Crippen LogP contribution is -2.45. The number of rotatable bonds is 5. The van der Waals surface area contributed by atoms with Crippen LogP contribution in [0.2, 0.25) is 0 Å². The van der Waals surface area contributed by atoms with Gasteiger partial charge >= 0.3 is 5.97 Å². The summed E-state index contributed by atoms with van der Waals surface area (Å²) in [6, 6.07) is 0. The first-order chi connectivity index (χ1) is 8.45. The molecule has 0 N–H and O–H groups in total. The Morgan fingerprint density at radius 3 is 2.39 bits per heavy atom. The molecule has 1 aliphatic heterocycles. The van der Waals surface area contributed by atoms with Crippen molar-refractivity contribution in [2.45, 2.75) is 44.6 Å². The Balaban J connectivity index is 2.80. The van der Waals surface area contributed by atoms with Crippen LogP contribution in [0.1, 0.15) is 34.1 Å². The normalized spacial score (nSPS) is 24.7. The first kappa shape index (κ1) is 15.9. The highest BCUT2D eigenvalue weighted by atomic mass is 32.2. The predicted molar refractivity (Wildman–Crippen MR) is 78.2 cm³/mol. The molecular weight excluding hydrogens is 268 g/mol. The van der Waals surface area contributed by atoms with Crippen LogP contribution in [0.25, 0.3) is 0 Å². The molecule has 0 amide bonds. The van der Waals surface area contributed by atoms with Crippen LogP contribution in [0.5, 0.6) is 0 Å². The number of carbonyl (C=O) groups excluding carboxylic acids is 2. The summed E-state index contributed by atoms with van der Waals surface area (Å²) < 4.78 is 5.01. The van der Waals surface area contributed by atoms with Crippen LogP contribution in [-0.2, 0) is 14.3 Å². The smallest absolute Gasteiger partial charge is 0.319 e. The van der Waals surface area contributed by atoms with E-state index in [2.05, 4.69) is 6.92 Å². The summed E-state index contributed by atoms with van der Waals surface area (Å²) in [5.41, 5.74) is -1.03. The Kier molecular flexibility index (Phi) is 6.05. The van der Waals surface area contributed by atoms with E-state index in [0.717, 1.165) is 17.9 Å². The second kappa shape index (κ2) is 6.85. The number of thioether (sulfide) groups is 2. The minimum absolute atomic E-state index is 0.0185. The molecule has 104 valence electrons. The van der Waals surface area contributed by atoms with Gasteiger partial charge in [0.15, 0.2) is 5.78 Å². The Morgan fingerprint density at radius 1 is 1.22 bits per heavy atom. The lowest BCUT2D eigenvalue weighted by Gasteiger charge is -2.33. The number of ketones is 1. The quantitative estimate of drug-likeness (QED) is 0.575. The molecular formula is C13H22O3S2. The standard InChI is InChI=1S/C13H22O3S2/c1-5-9-10(18-8-7-17-9)11(14)13(3,4)12(15)16-6-2/h9-10H,5-8H2,1-4H3. The van der Waals surface area contributed by atoms with Gasteiger partial charge in [-0.25, -0.2) is 0 Å². The second-order valence-corrected chi connectivity index (χ2v) is 7.42. The average molecular weight is 290 g/mol. The minimum atomic E-state index is -1.03. The summed E-state index contributed by atoms with van der Waals surface area (Å²) in [5, 5.41) is 0.248. The van der Waals surface area contributed by atoms with Crippen LogP contribution in [0, 0.1) is 5.41 Å². The summed E-state index contributed by atoms with van der Waals surface area (Å²) in [6.07, 6.45) is 0.965. The molecule has 0 saturated carbocycles. The fourth-order valence-electron chi connectivity index (χ4n) is 1.91. The predicted octanol–water partition coefficient (Wildman–Crippen LogP) is 2.77. The van der Waals surface area contributed by atoms with Crippen molar-refractivity contribution < 1.29 is 14.3 Å². The van der Waals surface area contributed by atoms with Gasteiger partial charge in [-0.15, -0.1) is 11.8 Å². The highest BCUT2D eigenvalue weighted by molar-refractivity contribution is 8.07. The summed E-state index contributed by atoms with van der Waals surface area (Å²) in [4.78, 5) is 24.5. The highest BCUT2D eigenvalue weighted by Gasteiger charge is 2.44. The zero-order valence-corrected chi connectivity index (χ0v) is 13.2. The first-order valence-corrected chi connectivity index (χ1v) is 8.49. The van der Waals surface area contributed by atoms with Crippen molar-refractivity contribution >= 4 is 35.3 Å². The molecule has 0 bridgehead atoms. The molecule has 3 nitrogen and oxygen atoms in total. The monoisotopic (exact) mass is 290 g/mol. The number of Topliss-reactive ketones (excluding diaryl/α,β-unsaturated/α-hetero) is 1. The molecule has 0 spiro atoms. The number of hydrogen-bond donors (Lipinski definition) is 0. The number of carbonyl (C=O) groups is 2. The second-order valence-electron chi connectivity index (χ2n) is 4.82. The van der Waals surface area contributed by atoms with E-state index in [4.69, 9.17) is 4.74 Å². The van der Waals surface area contributed by atoms with E-state index in [9.17, 15) is 9.59 Å². The van der Waals surface area contributed by atoms with E-state index in [-0.39, 0.29) is 11.0 Å². The third kappa shape index (κ3) is 3.44. The molecule has 18 heavy (non-hydrogen) atoms. The van der Waals surface area contributed by atoms with Gasteiger partial charge in [0.2, 0.25) is 0 Å². The third-order valence-electron chi connectivity index (χ3n) is 3.11. The van der Waals surface area contributed by atoms with Crippen molar-refractivity contribution in [3.8, 4) is 0 Å². The molecule has 0 aromatic heterocycles. The minimum Gasteiger partial charge on any atom is -0.465 e. The maximum Gasteiger partial charge on any atom is 0.319 e. The molecule has 2 unspecified atom stereocenters. The molecule has 0 aromatic rings. The zero-order chi connectivity index (χ0) is 13.8. The van der Waals surface area contributed by atoms with Gasteiger partial charge in [0.05, 0.1) is 11.9 Å². The van der Waals surface area contributed by atoms with E-state index >= 15 is 0 Å². The van der Waals surface area contributed by atoms with Crippen LogP contribution >= 0.6 is 23.5 Å². The van der Waals surface area contributed by atoms with Gasteiger partial charge in [-0.3, -0.25) is 9.59 Å². The molecule has 5 heteroatoms. The lowest BCUT2D eigenvalue weighted by molar-refractivity contribution is -0.157.